The maximum absolute atomic E-state index is 12.0. The molecule has 1 aliphatic carbocycles. The molecule has 1 fully saturated rings. The summed E-state index contributed by atoms with van der Waals surface area (Å²) in [6.45, 7) is 9.42. The van der Waals surface area contributed by atoms with Crippen molar-refractivity contribution in [1.29, 1.82) is 0 Å². The summed E-state index contributed by atoms with van der Waals surface area (Å²) in [6, 6.07) is 9.92. The summed E-state index contributed by atoms with van der Waals surface area (Å²) in [5, 5.41) is 7.59. The lowest BCUT2D eigenvalue weighted by molar-refractivity contribution is 0.363. The van der Waals surface area contributed by atoms with Gasteiger partial charge in [-0.3, -0.25) is 5.10 Å². The standard InChI is InChI=1S/C18H26N4O3S.C5H8.C2H6.CH4/c1-22(2)26(23,24)21-15-9-7-13(8-10-15)17-12-18(20-19-17)14-5-4-6-16(11-14)25-3;1-3-5-4-2;1-2;/h4-6,11-13,15,21H,7-10H2,1-3H3,(H,19,20);3-5H,1H2,2H3;1-2H3;1H4/b;5-4-;;. The quantitative estimate of drug-likeness (QED) is 0.470. The van der Waals surface area contributed by atoms with Crippen LogP contribution in [0.4, 0.5) is 0 Å². The van der Waals surface area contributed by atoms with Crippen molar-refractivity contribution in [3.8, 4) is 17.0 Å². The van der Waals surface area contributed by atoms with Crippen LogP contribution in [0.2, 0.25) is 0 Å². The predicted molar refractivity (Wildman–Crippen MR) is 144 cm³/mol. The van der Waals surface area contributed by atoms with Crippen molar-refractivity contribution in [2.75, 3.05) is 21.2 Å². The van der Waals surface area contributed by atoms with Gasteiger partial charge in [-0.05, 0) is 50.8 Å². The van der Waals surface area contributed by atoms with Crippen molar-refractivity contribution < 1.29 is 13.2 Å². The van der Waals surface area contributed by atoms with Gasteiger partial charge in [0.1, 0.15) is 5.75 Å². The van der Waals surface area contributed by atoms with E-state index in [0.29, 0.717) is 5.92 Å². The first-order valence-corrected chi connectivity index (χ1v) is 12.9. The van der Waals surface area contributed by atoms with Crippen molar-refractivity contribution in [2.24, 2.45) is 0 Å². The minimum absolute atomic E-state index is 0. The summed E-state index contributed by atoms with van der Waals surface area (Å²) in [7, 11) is 1.36. The highest BCUT2D eigenvalue weighted by molar-refractivity contribution is 7.87. The molecule has 0 aliphatic heterocycles. The van der Waals surface area contributed by atoms with E-state index >= 15 is 0 Å². The number of hydrogen-bond donors (Lipinski definition) is 2. The Hall–Kier alpha value is -2.42. The zero-order chi connectivity index (χ0) is 24.9. The highest BCUT2D eigenvalue weighted by atomic mass is 32.2. The van der Waals surface area contributed by atoms with Gasteiger partial charge in [0.2, 0.25) is 0 Å². The van der Waals surface area contributed by atoms with Gasteiger partial charge in [0, 0.05) is 37.3 Å². The number of hydrogen-bond acceptors (Lipinski definition) is 4. The molecule has 1 aromatic heterocycles. The second-order valence-corrected chi connectivity index (χ2v) is 9.57. The molecule has 34 heavy (non-hydrogen) atoms. The van der Waals surface area contributed by atoms with Crippen LogP contribution >= 0.6 is 0 Å². The minimum atomic E-state index is -3.37. The topological polar surface area (TPSA) is 87.3 Å². The molecule has 0 unspecified atom stereocenters. The van der Waals surface area contributed by atoms with Gasteiger partial charge in [0.05, 0.1) is 12.8 Å². The van der Waals surface area contributed by atoms with Gasteiger partial charge in [-0.2, -0.15) is 22.5 Å². The van der Waals surface area contributed by atoms with Gasteiger partial charge in [-0.25, -0.2) is 0 Å². The molecule has 1 aliphatic rings. The van der Waals surface area contributed by atoms with Crippen molar-refractivity contribution in [2.45, 2.75) is 65.8 Å². The third-order valence-electron chi connectivity index (χ3n) is 5.26. The predicted octanol–water partition coefficient (Wildman–Crippen LogP) is 5.92. The lowest BCUT2D eigenvalue weighted by Crippen LogP contribution is -2.43. The first kappa shape index (κ1) is 31.6. The Balaban J connectivity index is 0.00000121. The number of benzene rings is 1. The van der Waals surface area contributed by atoms with Gasteiger partial charge in [-0.1, -0.05) is 58.2 Å². The van der Waals surface area contributed by atoms with Crippen LogP contribution in [0.3, 0.4) is 0 Å². The van der Waals surface area contributed by atoms with Crippen LogP contribution in [0.1, 0.15) is 65.5 Å². The van der Waals surface area contributed by atoms with Crippen LogP contribution in [-0.2, 0) is 10.2 Å². The molecule has 2 N–H and O–H groups in total. The zero-order valence-corrected chi connectivity index (χ0v) is 21.7. The minimum Gasteiger partial charge on any atom is -0.497 e. The Morgan fingerprint density at radius 3 is 2.32 bits per heavy atom. The van der Waals surface area contributed by atoms with Crippen LogP contribution in [0, 0.1) is 0 Å². The Labute approximate surface area is 207 Å². The zero-order valence-electron chi connectivity index (χ0n) is 20.8. The molecule has 8 heteroatoms. The van der Waals surface area contributed by atoms with Crippen LogP contribution in [0.15, 0.2) is 55.1 Å². The van der Waals surface area contributed by atoms with Crippen molar-refractivity contribution in [1.82, 2.24) is 19.2 Å². The fraction of sp³-hybridized carbons (Fsp3) is 0.500. The molecule has 0 radical (unpaired) electrons. The number of ether oxygens (including phenoxy) is 1. The van der Waals surface area contributed by atoms with E-state index in [1.807, 2.05) is 57.2 Å². The van der Waals surface area contributed by atoms with Gasteiger partial charge in [0.15, 0.2) is 0 Å². The van der Waals surface area contributed by atoms with Crippen LogP contribution in [-0.4, -0.2) is 50.2 Å². The molecule has 1 aromatic carbocycles. The van der Waals surface area contributed by atoms with Crippen molar-refractivity contribution >= 4 is 10.2 Å². The molecule has 0 bridgehead atoms. The van der Waals surface area contributed by atoms with E-state index in [0.717, 1.165) is 48.4 Å². The fourth-order valence-electron chi connectivity index (χ4n) is 3.45. The Morgan fingerprint density at radius 2 is 1.82 bits per heavy atom. The number of allylic oxidation sites excluding steroid dienone is 3. The molecule has 2 aromatic rings. The summed E-state index contributed by atoms with van der Waals surface area (Å²) < 4.78 is 33.2. The largest absolute Gasteiger partial charge is 0.497 e. The number of aromatic amines is 1. The molecule has 1 heterocycles. The summed E-state index contributed by atoms with van der Waals surface area (Å²) in [5.41, 5.74) is 3.02. The van der Waals surface area contributed by atoms with E-state index in [9.17, 15) is 8.42 Å². The molecular formula is C26H44N4O3S. The Morgan fingerprint density at radius 1 is 1.18 bits per heavy atom. The second kappa shape index (κ2) is 16.2. The lowest BCUT2D eigenvalue weighted by Gasteiger charge is -2.29. The second-order valence-electron chi connectivity index (χ2n) is 7.66. The summed E-state index contributed by atoms with van der Waals surface area (Å²) >= 11 is 0. The average molecular weight is 493 g/mol. The van der Waals surface area contributed by atoms with Crippen LogP contribution in [0.5, 0.6) is 5.75 Å². The molecule has 0 atom stereocenters. The maximum atomic E-state index is 12.0. The molecule has 192 valence electrons. The highest BCUT2D eigenvalue weighted by Crippen LogP contribution is 2.34. The lowest BCUT2D eigenvalue weighted by atomic mass is 9.84. The van der Waals surface area contributed by atoms with Gasteiger partial charge in [0.25, 0.3) is 10.2 Å². The molecule has 7 nitrogen and oxygen atoms in total. The molecular weight excluding hydrogens is 448 g/mol. The first-order valence-electron chi connectivity index (χ1n) is 11.4. The molecule has 0 amide bonds. The molecule has 1 saturated carbocycles. The SMILES string of the molecule is C.C=C/C=C\C.CC.COc1cccc(-c2cc(C3CCC(NS(=O)(=O)N(C)C)CC3)[nH]n2)c1. The van der Waals surface area contributed by atoms with E-state index in [1.165, 1.54) is 4.31 Å². The van der Waals surface area contributed by atoms with E-state index in [1.54, 1.807) is 27.3 Å². The molecule has 0 spiro atoms. The number of H-pyrrole nitrogens is 1. The van der Waals surface area contributed by atoms with Crippen molar-refractivity contribution in [3.63, 3.8) is 0 Å². The van der Waals surface area contributed by atoms with Crippen molar-refractivity contribution in [3.05, 3.63) is 60.8 Å². The fourth-order valence-corrected chi connectivity index (χ4v) is 4.32. The van der Waals surface area contributed by atoms with Gasteiger partial charge >= 0.3 is 0 Å². The number of nitrogens with zero attached hydrogens (tertiary/aromatic N) is 2. The third kappa shape index (κ3) is 9.83. The van der Waals surface area contributed by atoms with E-state index in [-0.39, 0.29) is 13.5 Å². The highest BCUT2D eigenvalue weighted by Gasteiger charge is 2.27. The maximum Gasteiger partial charge on any atom is 0.279 e. The number of methoxy groups -OCH3 is 1. The number of nitrogens with one attached hydrogen (secondary N) is 2. The Kier molecular flexibility index (Phi) is 15.1. The smallest absolute Gasteiger partial charge is 0.279 e. The molecule has 0 saturated heterocycles. The van der Waals surface area contributed by atoms with E-state index in [4.69, 9.17) is 4.74 Å². The number of aromatic nitrogens is 2. The summed E-state index contributed by atoms with van der Waals surface area (Å²) in [6.07, 6.45) is 9.09. The first-order chi connectivity index (χ1) is 15.8. The van der Waals surface area contributed by atoms with Crippen LogP contribution in [0.25, 0.3) is 11.3 Å². The Bertz CT molecular complexity index is 960. The number of rotatable bonds is 7. The van der Waals surface area contributed by atoms with E-state index in [2.05, 4.69) is 27.6 Å². The third-order valence-corrected chi connectivity index (χ3v) is 6.85. The summed E-state index contributed by atoms with van der Waals surface area (Å²) in [4.78, 5) is 0. The average Bonchev–Trinajstić information content (AvgIpc) is 3.32. The monoisotopic (exact) mass is 492 g/mol. The van der Waals surface area contributed by atoms with E-state index < -0.39 is 10.2 Å². The van der Waals surface area contributed by atoms with Gasteiger partial charge in [-0.15, -0.1) is 0 Å². The van der Waals surface area contributed by atoms with Crippen LogP contribution < -0.4 is 9.46 Å². The summed E-state index contributed by atoms with van der Waals surface area (Å²) in [5.74, 6) is 1.18. The molecule has 3 rings (SSSR count). The normalized spacial score (nSPS) is 17.6. The van der Waals surface area contributed by atoms with Gasteiger partial charge < -0.3 is 4.74 Å².